The van der Waals surface area contributed by atoms with Gasteiger partial charge in [0.05, 0.1) is 0 Å². The number of allylic oxidation sites excluding steroid dienone is 2. The van der Waals surface area contributed by atoms with Gasteiger partial charge in [0.2, 0.25) is 11.1 Å². The molecule has 0 fully saturated rings. The number of carbonyl (C=O) groups excluding carboxylic acids is 1. The molecule has 0 spiro atoms. The maximum Gasteiger partial charge on any atom is 0.227 e. The molecule has 1 atom stereocenters. The zero-order valence-electron chi connectivity index (χ0n) is 14.7. The first kappa shape index (κ1) is 17.3. The highest BCUT2D eigenvalue weighted by Crippen LogP contribution is 2.40. The molecule has 0 bridgehead atoms. The van der Waals surface area contributed by atoms with E-state index in [2.05, 4.69) is 22.3 Å². The summed E-state index contributed by atoms with van der Waals surface area (Å²) in [6.07, 6.45) is 4.44. The first-order chi connectivity index (χ1) is 12.7. The van der Waals surface area contributed by atoms with Crippen molar-refractivity contribution in [3.05, 3.63) is 46.9 Å². The highest BCUT2D eigenvalue weighted by molar-refractivity contribution is 7.99. The van der Waals surface area contributed by atoms with E-state index < -0.39 is 0 Å². The van der Waals surface area contributed by atoms with Crippen molar-refractivity contribution < 1.29 is 9.18 Å². The molecule has 1 N–H and O–H groups in total. The Kier molecular flexibility index (Phi) is 4.80. The van der Waals surface area contributed by atoms with Gasteiger partial charge in [-0.1, -0.05) is 37.2 Å². The van der Waals surface area contributed by atoms with Gasteiger partial charge in [0.1, 0.15) is 11.9 Å². The number of rotatable bonds is 5. The van der Waals surface area contributed by atoms with E-state index in [0.717, 1.165) is 48.3 Å². The number of carbonyl (C=O) groups is 1. The molecular formula is C19H21FN4OS. The van der Waals surface area contributed by atoms with Crippen molar-refractivity contribution in [1.29, 1.82) is 0 Å². The molecule has 136 valence electrons. The van der Waals surface area contributed by atoms with Gasteiger partial charge < -0.3 is 5.32 Å². The van der Waals surface area contributed by atoms with Crippen molar-refractivity contribution in [3.8, 4) is 0 Å². The van der Waals surface area contributed by atoms with E-state index in [1.54, 1.807) is 28.6 Å². The lowest BCUT2D eigenvalue weighted by molar-refractivity contribution is -0.116. The third kappa shape index (κ3) is 3.16. The topological polar surface area (TPSA) is 59.8 Å². The summed E-state index contributed by atoms with van der Waals surface area (Å²) >= 11 is 1.63. The summed E-state index contributed by atoms with van der Waals surface area (Å²) in [5.74, 6) is 1.47. The molecule has 1 aromatic heterocycles. The predicted molar refractivity (Wildman–Crippen MR) is 99.7 cm³/mol. The summed E-state index contributed by atoms with van der Waals surface area (Å²) in [7, 11) is 0. The Hall–Kier alpha value is -2.15. The number of aromatic nitrogens is 3. The first-order valence-electron chi connectivity index (χ1n) is 9.05. The quantitative estimate of drug-likeness (QED) is 0.625. The largest absolute Gasteiger partial charge is 0.328 e. The number of halogens is 1. The minimum Gasteiger partial charge on any atom is -0.328 e. The van der Waals surface area contributed by atoms with E-state index in [0.29, 0.717) is 17.5 Å². The van der Waals surface area contributed by atoms with Crippen molar-refractivity contribution in [2.24, 2.45) is 0 Å². The van der Waals surface area contributed by atoms with E-state index in [1.807, 2.05) is 0 Å². The van der Waals surface area contributed by atoms with Crippen LogP contribution >= 0.6 is 11.8 Å². The first-order valence-corrected chi connectivity index (χ1v) is 10.0. The third-order valence-corrected chi connectivity index (χ3v) is 5.69. The van der Waals surface area contributed by atoms with Crippen LogP contribution in [0.15, 0.2) is 40.7 Å². The van der Waals surface area contributed by atoms with Crippen LogP contribution in [0.1, 0.15) is 50.6 Å². The van der Waals surface area contributed by atoms with Gasteiger partial charge in [-0.3, -0.25) is 4.79 Å². The van der Waals surface area contributed by atoms with Gasteiger partial charge in [-0.05, 0) is 37.0 Å². The minimum absolute atomic E-state index is 0.134. The zero-order chi connectivity index (χ0) is 18.1. The highest BCUT2D eigenvalue weighted by atomic mass is 32.2. The molecule has 2 aliphatic rings. The molecule has 5 nitrogen and oxygen atoms in total. The number of unbranched alkanes of at least 4 members (excludes halogenated alkanes) is 1. The highest BCUT2D eigenvalue weighted by Gasteiger charge is 2.36. The molecule has 4 rings (SSSR count). The Bertz CT molecular complexity index is 859. The van der Waals surface area contributed by atoms with Gasteiger partial charge in [-0.15, -0.1) is 5.10 Å². The van der Waals surface area contributed by atoms with Crippen LogP contribution in [0, 0.1) is 5.82 Å². The van der Waals surface area contributed by atoms with Crippen LogP contribution in [0.3, 0.4) is 0 Å². The number of hydrogen-bond donors (Lipinski definition) is 1. The Balaban J connectivity index is 1.76. The van der Waals surface area contributed by atoms with Gasteiger partial charge in [-0.2, -0.15) is 4.98 Å². The molecule has 0 saturated carbocycles. The third-order valence-electron chi connectivity index (χ3n) is 4.76. The fourth-order valence-corrected chi connectivity index (χ4v) is 4.37. The number of fused-ring (bicyclic) bond motifs is 1. The average molecular weight is 372 g/mol. The number of hydrogen-bond acceptors (Lipinski definition) is 5. The molecule has 2 aromatic rings. The van der Waals surface area contributed by atoms with E-state index in [4.69, 9.17) is 0 Å². The van der Waals surface area contributed by atoms with E-state index in [-0.39, 0.29) is 17.6 Å². The SMILES string of the molecule is CCCCSc1nc2n(n1)[C@@H](c1ccc(F)cc1)C1=C(CCCC1=O)N2. The van der Waals surface area contributed by atoms with Crippen LogP contribution in [-0.2, 0) is 4.79 Å². The molecule has 0 saturated heterocycles. The maximum atomic E-state index is 13.4. The predicted octanol–water partition coefficient (Wildman–Crippen LogP) is 4.33. The lowest BCUT2D eigenvalue weighted by atomic mass is 9.85. The Labute approximate surface area is 156 Å². The van der Waals surface area contributed by atoms with Gasteiger partial charge in [0.25, 0.3) is 0 Å². The van der Waals surface area contributed by atoms with Crippen molar-refractivity contribution in [3.63, 3.8) is 0 Å². The second-order valence-electron chi connectivity index (χ2n) is 6.61. The summed E-state index contributed by atoms with van der Waals surface area (Å²) in [4.78, 5) is 17.3. The minimum atomic E-state index is -0.345. The maximum absolute atomic E-state index is 13.4. The van der Waals surface area contributed by atoms with Crippen LogP contribution < -0.4 is 5.32 Å². The van der Waals surface area contributed by atoms with E-state index >= 15 is 0 Å². The molecule has 0 radical (unpaired) electrons. The smallest absolute Gasteiger partial charge is 0.227 e. The molecule has 26 heavy (non-hydrogen) atoms. The summed E-state index contributed by atoms with van der Waals surface area (Å²) < 4.78 is 15.2. The van der Waals surface area contributed by atoms with Gasteiger partial charge in [0, 0.05) is 23.4 Å². The summed E-state index contributed by atoms with van der Waals surface area (Å²) in [6.45, 7) is 2.15. The standard InChI is InChI=1S/C19H21FN4OS/c1-2-3-11-26-19-22-18-21-14-5-4-6-15(25)16(14)17(24(18)23-19)12-7-9-13(20)10-8-12/h7-10,17H,2-6,11H2,1H3,(H,21,22,23)/t17-/m0/s1. The molecule has 2 heterocycles. The van der Waals surface area contributed by atoms with Gasteiger partial charge in [-0.25, -0.2) is 9.07 Å². The Morgan fingerprint density at radius 2 is 2.12 bits per heavy atom. The number of nitrogens with zero attached hydrogens (tertiary/aromatic N) is 3. The second-order valence-corrected chi connectivity index (χ2v) is 7.67. The van der Waals surface area contributed by atoms with Crippen LogP contribution in [0.25, 0.3) is 0 Å². The fourth-order valence-electron chi connectivity index (χ4n) is 3.46. The van der Waals surface area contributed by atoms with Crippen molar-refractivity contribution in [2.75, 3.05) is 11.1 Å². The Morgan fingerprint density at radius 3 is 2.88 bits per heavy atom. The Morgan fingerprint density at radius 1 is 1.31 bits per heavy atom. The fraction of sp³-hybridized carbons (Fsp3) is 0.421. The van der Waals surface area contributed by atoms with Crippen molar-refractivity contribution in [1.82, 2.24) is 14.8 Å². The molecular weight excluding hydrogens is 351 g/mol. The lowest BCUT2D eigenvalue weighted by Gasteiger charge is -2.32. The molecule has 1 aliphatic heterocycles. The molecule has 0 unspecified atom stereocenters. The summed E-state index contributed by atoms with van der Waals surface area (Å²) in [5.41, 5.74) is 2.53. The average Bonchev–Trinajstić information content (AvgIpc) is 3.04. The molecule has 0 amide bonds. The summed E-state index contributed by atoms with van der Waals surface area (Å²) in [5, 5.41) is 8.67. The molecule has 7 heteroatoms. The van der Waals surface area contributed by atoms with Crippen LogP contribution in [0.5, 0.6) is 0 Å². The van der Waals surface area contributed by atoms with Crippen molar-refractivity contribution >= 4 is 23.5 Å². The number of Topliss-reactive ketones (excluding diaryl/α,β-unsaturated/α-hetero) is 1. The van der Waals surface area contributed by atoms with Crippen molar-refractivity contribution in [2.45, 2.75) is 50.2 Å². The second kappa shape index (κ2) is 7.23. The van der Waals surface area contributed by atoms with Gasteiger partial charge in [0.15, 0.2) is 5.78 Å². The lowest BCUT2D eigenvalue weighted by Crippen LogP contribution is -2.31. The normalized spacial score (nSPS) is 19.2. The monoisotopic (exact) mass is 372 g/mol. The zero-order valence-corrected chi connectivity index (χ0v) is 15.5. The number of anilines is 1. The van der Waals surface area contributed by atoms with Gasteiger partial charge >= 0.3 is 0 Å². The number of benzene rings is 1. The molecule has 1 aliphatic carbocycles. The van der Waals surface area contributed by atoms with E-state index in [9.17, 15) is 9.18 Å². The summed E-state index contributed by atoms with van der Waals surface area (Å²) in [6, 6.07) is 5.97. The van der Waals surface area contributed by atoms with Crippen LogP contribution in [0.2, 0.25) is 0 Å². The van der Waals surface area contributed by atoms with Crippen LogP contribution in [-0.4, -0.2) is 26.3 Å². The van der Waals surface area contributed by atoms with Crippen LogP contribution in [0.4, 0.5) is 10.3 Å². The number of ketones is 1. The number of nitrogens with one attached hydrogen (secondary N) is 1. The van der Waals surface area contributed by atoms with E-state index in [1.165, 1.54) is 12.1 Å². The molecule has 1 aromatic carbocycles. The number of thioether (sulfide) groups is 1.